The van der Waals surface area contributed by atoms with E-state index in [4.69, 9.17) is 18.9 Å². The molecule has 8 nitrogen and oxygen atoms in total. The van der Waals surface area contributed by atoms with Crippen molar-refractivity contribution in [2.75, 3.05) is 68.2 Å². The fourth-order valence-corrected chi connectivity index (χ4v) is 8.58. The Balaban J connectivity index is 1.34. The van der Waals surface area contributed by atoms with Gasteiger partial charge in [0.2, 0.25) is 5.91 Å². The third-order valence-electron chi connectivity index (χ3n) is 11.2. The highest BCUT2D eigenvalue weighted by atomic mass is 16.5. The van der Waals surface area contributed by atoms with Crippen molar-refractivity contribution in [1.82, 2.24) is 14.7 Å². The van der Waals surface area contributed by atoms with Gasteiger partial charge in [0.25, 0.3) is 0 Å². The molecule has 6 rings (SSSR count). The average molecular weight is 606 g/mol. The van der Waals surface area contributed by atoms with E-state index in [-0.39, 0.29) is 12.0 Å². The molecule has 1 unspecified atom stereocenters. The molecule has 0 aromatic heterocycles. The van der Waals surface area contributed by atoms with Gasteiger partial charge in [0.1, 0.15) is 0 Å². The molecule has 0 saturated carbocycles. The summed E-state index contributed by atoms with van der Waals surface area (Å²) in [6.45, 7) is 7.24. The van der Waals surface area contributed by atoms with Gasteiger partial charge < -0.3 is 28.7 Å². The van der Waals surface area contributed by atoms with Gasteiger partial charge in [0.15, 0.2) is 23.0 Å². The Hall–Kier alpha value is -2.97. The summed E-state index contributed by atoms with van der Waals surface area (Å²) in [5.74, 6) is 4.64. The number of fused-ring (bicyclic) bond motifs is 4. The van der Waals surface area contributed by atoms with Crippen molar-refractivity contribution in [3.05, 3.63) is 46.5 Å². The highest BCUT2D eigenvalue weighted by molar-refractivity contribution is 5.80. The molecule has 0 radical (unpaired) electrons. The Morgan fingerprint density at radius 1 is 0.773 bits per heavy atom. The second kappa shape index (κ2) is 13.2. The van der Waals surface area contributed by atoms with Crippen LogP contribution in [0.2, 0.25) is 0 Å². The minimum atomic E-state index is 0.0322. The lowest BCUT2D eigenvalue weighted by Crippen LogP contribution is -2.49. The van der Waals surface area contributed by atoms with Gasteiger partial charge in [0, 0.05) is 31.6 Å². The summed E-state index contributed by atoms with van der Waals surface area (Å²) in [6.07, 6.45) is 6.94. The monoisotopic (exact) mass is 605 g/mol. The normalized spacial score (nSPS) is 25.9. The van der Waals surface area contributed by atoms with Crippen molar-refractivity contribution < 1.29 is 23.7 Å². The molecule has 4 atom stereocenters. The summed E-state index contributed by atoms with van der Waals surface area (Å²) >= 11 is 0. The van der Waals surface area contributed by atoms with E-state index in [0.29, 0.717) is 23.8 Å². The SMILES string of the molecule is CCC1CN2CCc3cc(OC)c(OC)cc3[C@@H]2C[C@@H]1C[C@@H]1c2cc(OC)c(OC)cc2CCN1C(=O)C1CCN(C)CC1. The van der Waals surface area contributed by atoms with Crippen LogP contribution in [0.15, 0.2) is 24.3 Å². The van der Waals surface area contributed by atoms with Crippen LogP contribution in [0.5, 0.6) is 23.0 Å². The van der Waals surface area contributed by atoms with E-state index in [1.807, 2.05) is 0 Å². The first-order chi connectivity index (χ1) is 21.4. The van der Waals surface area contributed by atoms with Crippen molar-refractivity contribution in [3.8, 4) is 23.0 Å². The first-order valence-electron chi connectivity index (χ1n) is 16.6. The summed E-state index contributed by atoms with van der Waals surface area (Å²) in [6, 6.07) is 9.09. The lowest BCUT2D eigenvalue weighted by atomic mass is 9.72. The zero-order valence-corrected chi connectivity index (χ0v) is 27.6. The largest absolute Gasteiger partial charge is 0.493 e. The van der Waals surface area contributed by atoms with Crippen LogP contribution < -0.4 is 18.9 Å². The van der Waals surface area contributed by atoms with E-state index >= 15 is 0 Å². The molecule has 4 heterocycles. The van der Waals surface area contributed by atoms with Crippen molar-refractivity contribution >= 4 is 5.91 Å². The molecule has 240 valence electrons. The molecule has 8 heteroatoms. The van der Waals surface area contributed by atoms with Gasteiger partial charge in [0.05, 0.1) is 34.5 Å². The fraction of sp³-hybridized carbons (Fsp3) is 0.639. The summed E-state index contributed by atoms with van der Waals surface area (Å²) in [7, 11) is 9.00. The van der Waals surface area contributed by atoms with E-state index in [0.717, 1.165) is 101 Å². The van der Waals surface area contributed by atoms with Crippen LogP contribution in [-0.4, -0.2) is 88.8 Å². The number of amides is 1. The number of ether oxygens (including phenoxy) is 4. The maximum atomic E-state index is 14.3. The minimum absolute atomic E-state index is 0.0322. The van der Waals surface area contributed by atoms with Crippen molar-refractivity contribution in [1.29, 1.82) is 0 Å². The van der Waals surface area contributed by atoms with E-state index < -0.39 is 0 Å². The number of methoxy groups -OCH3 is 4. The number of hydrogen-bond acceptors (Lipinski definition) is 7. The molecule has 0 aliphatic carbocycles. The summed E-state index contributed by atoms with van der Waals surface area (Å²) in [5.41, 5.74) is 5.27. The second-order valence-corrected chi connectivity index (χ2v) is 13.3. The first-order valence-corrected chi connectivity index (χ1v) is 16.6. The first kappa shape index (κ1) is 31.0. The molecule has 0 N–H and O–H groups in total. The quantitative estimate of drug-likeness (QED) is 0.393. The minimum Gasteiger partial charge on any atom is -0.493 e. The number of likely N-dealkylation sites (tertiary alicyclic amines) is 1. The van der Waals surface area contributed by atoms with E-state index in [1.165, 1.54) is 22.3 Å². The van der Waals surface area contributed by atoms with Crippen LogP contribution >= 0.6 is 0 Å². The predicted octanol–water partition coefficient (Wildman–Crippen LogP) is 5.52. The van der Waals surface area contributed by atoms with E-state index in [1.54, 1.807) is 28.4 Å². The lowest BCUT2D eigenvalue weighted by molar-refractivity contribution is -0.140. The molecule has 44 heavy (non-hydrogen) atoms. The maximum Gasteiger partial charge on any atom is 0.226 e. The molecule has 4 aliphatic rings. The van der Waals surface area contributed by atoms with Gasteiger partial charge in [-0.2, -0.15) is 0 Å². The number of carbonyl (C=O) groups excluding carboxylic acids is 1. The third kappa shape index (κ3) is 5.76. The van der Waals surface area contributed by atoms with Crippen molar-refractivity contribution in [2.24, 2.45) is 17.8 Å². The van der Waals surface area contributed by atoms with Gasteiger partial charge in [-0.25, -0.2) is 0 Å². The van der Waals surface area contributed by atoms with Crippen LogP contribution in [0.25, 0.3) is 0 Å². The van der Waals surface area contributed by atoms with Crippen LogP contribution in [-0.2, 0) is 17.6 Å². The van der Waals surface area contributed by atoms with E-state index in [2.05, 4.69) is 52.9 Å². The number of rotatable bonds is 8. The Morgan fingerprint density at radius 2 is 1.34 bits per heavy atom. The highest BCUT2D eigenvalue weighted by Gasteiger charge is 2.43. The molecule has 2 aromatic rings. The number of hydrogen-bond donors (Lipinski definition) is 0. The predicted molar refractivity (Wildman–Crippen MR) is 172 cm³/mol. The zero-order valence-electron chi connectivity index (χ0n) is 27.6. The smallest absolute Gasteiger partial charge is 0.226 e. The number of nitrogens with zero attached hydrogens (tertiary/aromatic N) is 3. The molecule has 1 amide bonds. The molecule has 0 bridgehead atoms. The molecular weight excluding hydrogens is 554 g/mol. The molecule has 2 fully saturated rings. The zero-order chi connectivity index (χ0) is 31.0. The second-order valence-electron chi connectivity index (χ2n) is 13.3. The number of carbonyl (C=O) groups is 1. The summed E-state index contributed by atoms with van der Waals surface area (Å²) < 4.78 is 22.9. The Bertz CT molecular complexity index is 1340. The standard InChI is InChI=1S/C36H51N3O5/c1-7-23-22-38-14-10-25-18-32(41-3)34(43-5)20-28(25)30(38)16-27(23)17-31-29-21-35(44-6)33(42-4)19-26(29)11-15-39(31)36(40)24-8-12-37(2)13-9-24/h18-21,23-24,27,30-31H,7-17,22H2,1-6H3/t23?,27-,30+,31-/m1/s1. The Labute approximate surface area is 263 Å². The van der Waals surface area contributed by atoms with Gasteiger partial charge >= 0.3 is 0 Å². The Kier molecular flexibility index (Phi) is 9.29. The van der Waals surface area contributed by atoms with Gasteiger partial charge in [-0.05, 0) is 117 Å². The van der Waals surface area contributed by atoms with Crippen LogP contribution in [0.4, 0.5) is 0 Å². The molecule has 4 aliphatic heterocycles. The Morgan fingerprint density at radius 3 is 1.95 bits per heavy atom. The number of benzene rings is 2. The molecule has 0 spiro atoms. The van der Waals surface area contributed by atoms with Gasteiger partial charge in [-0.15, -0.1) is 0 Å². The van der Waals surface area contributed by atoms with Crippen LogP contribution in [0.1, 0.15) is 73.4 Å². The van der Waals surface area contributed by atoms with Crippen molar-refractivity contribution in [3.63, 3.8) is 0 Å². The molecule has 2 saturated heterocycles. The summed E-state index contributed by atoms with van der Waals surface area (Å²) in [5, 5.41) is 0. The van der Waals surface area contributed by atoms with Gasteiger partial charge in [-0.1, -0.05) is 13.3 Å². The highest BCUT2D eigenvalue weighted by Crippen LogP contribution is 2.49. The lowest BCUT2D eigenvalue weighted by Gasteiger charge is -2.49. The van der Waals surface area contributed by atoms with Gasteiger partial charge in [-0.3, -0.25) is 9.69 Å². The average Bonchev–Trinajstić information content (AvgIpc) is 3.06. The fourth-order valence-electron chi connectivity index (χ4n) is 8.58. The number of piperidine rings is 2. The van der Waals surface area contributed by atoms with Crippen LogP contribution in [0, 0.1) is 17.8 Å². The topological polar surface area (TPSA) is 63.7 Å². The van der Waals surface area contributed by atoms with Crippen LogP contribution in [0.3, 0.4) is 0 Å². The summed E-state index contributed by atoms with van der Waals surface area (Å²) in [4.78, 5) is 21.6. The maximum absolute atomic E-state index is 14.3. The van der Waals surface area contributed by atoms with Crippen molar-refractivity contribution in [2.45, 2.75) is 64.0 Å². The molecule has 2 aromatic carbocycles. The molecular formula is C36H51N3O5. The van der Waals surface area contributed by atoms with E-state index in [9.17, 15) is 4.79 Å². The third-order valence-corrected chi connectivity index (χ3v) is 11.2.